The second-order valence-corrected chi connectivity index (χ2v) is 7.28. The highest BCUT2D eigenvalue weighted by molar-refractivity contribution is 7.99. The molecule has 0 atom stereocenters. The van der Waals surface area contributed by atoms with Crippen LogP contribution in [0.1, 0.15) is 16.2 Å². The number of hydrogen-bond acceptors (Lipinski definition) is 6. The third-order valence-electron chi connectivity index (χ3n) is 4.41. The van der Waals surface area contributed by atoms with Gasteiger partial charge < -0.3 is 9.84 Å². The molecule has 0 radical (unpaired) electrons. The van der Waals surface area contributed by atoms with E-state index >= 15 is 0 Å². The van der Waals surface area contributed by atoms with Crippen LogP contribution in [-0.4, -0.2) is 52.2 Å². The standard InChI is InChI=1S/C20H19N3O3S/c24-20(25)15-6-2-4-8-17(15)27-19-14-5-1-3-7-16(14)21-18(22-19)13-23-9-11-26-12-10-23/h1-8H,9-13H2,(H,24,25). The van der Waals surface area contributed by atoms with E-state index in [1.54, 1.807) is 12.1 Å². The van der Waals surface area contributed by atoms with Crippen molar-refractivity contribution in [2.45, 2.75) is 16.5 Å². The van der Waals surface area contributed by atoms with Crippen molar-refractivity contribution < 1.29 is 14.6 Å². The summed E-state index contributed by atoms with van der Waals surface area (Å²) in [6.45, 7) is 3.83. The molecule has 0 aliphatic carbocycles. The van der Waals surface area contributed by atoms with Gasteiger partial charge in [0.2, 0.25) is 0 Å². The minimum absolute atomic E-state index is 0.278. The molecule has 1 N–H and O–H groups in total. The first-order valence-electron chi connectivity index (χ1n) is 8.76. The number of morpholine rings is 1. The first-order valence-corrected chi connectivity index (χ1v) is 9.58. The molecular formula is C20H19N3O3S. The van der Waals surface area contributed by atoms with Crippen LogP contribution in [0.25, 0.3) is 10.9 Å². The molecule has 1 aromatic heterocycles. The Morgan fingerprint density at radius 2 is 1.81 bits per heavy atom. The number of benzene rings is 2. The van der Waals surface area contributed by atoms with Crippen LogP contribution in [0.5, 0.6) is 0 Å². The highest BCUT2D eigenvalue weighted by Crippen LogP contribution is 2.33. The minimum Gasteiger partial charge on any atom is -0.478 e. The lowest BCUT2D eigenvalue weighted by molar-refractivity contribution is 0.0330. The van der Waals surface area contributed by atoms with E-state index in [4.69, 9.17) is 14.7 Å². The molecule has 0 unspecified atom stereocenters. The Labute approximate surface area is 161 Å². The Morgan fingerprint density at radius 3 is 2.63 bits per heavy atom. The van der Waals surface area contributed by atoms with Crippen LogP contribution in [0.4, 0.5) is 0 Å². The lowest BCUT2D eigenvalue weighted by Gasteiger charge is -2.25. The van der Waals surface area contributed by atoms with Crippen LogP contribution < -0.4 is 0 Å². The van der Waals surface area contributed by atoms with Crippen molar-refractivity contribution in [3.05, 3.63) is 59.9 Å². The zero-order chi connectivity index (χ0) is 18.6. The minimum atomic E-state index is -0.940. The normalized spacial score (nSPS) is 15.1. The largest absolute Gasteiger partial charge is 0.478 e. The average molecular weight is 381 g/mol. The summed E-state index contributed by atoms with van der Waals surface area (Å²) in [6, 6.07) is 14.8. The first-order chi connectivity index (χ1) is 13.2. The van der Waals surface area contributed by atoms with Gasteiger partial charge in [0.15, 0.2) is 0 Å². The fraction of sp³-hybridized carbons (Fsp3) is 0.250. The quantitative estimate of drug-likeness (QED) is 0.680. The lowest BCUT2D eigenvalue weighted by atomic mass is 10.2. The van der Waals surface area contributed by atoms with E-state index in [2.05, 4.69) is 4.90 Å². The maximum Gasteiger partial charge on any atom is 0.336 e. The molecule has 6 nitrogen and oxygen atoms in total. The van der Waals surface area contributed by atoms with Gasteiger partial charge in [-0.1, -0.05) is 42.1 Å². The molecule has 0 saturated carbocycles. The molecule has 138 valence electrons. The zero-order valence-corrected chi connectivity index (χ0v) is 15.5. The number of fused-ring (bicyclic) bond motifs is 1. The molecule has 2 aromatic carbocycles. The van der Waals surface area contributed by atoms with E-state index in [0.29, 0.717) is 11.4 Å². The maximum absolute atomic E-state index is 11.5. The van der Waals surface area contributed by atoms with E-state index in [9.17, 15) is 9.90 Å². The average Bonchev–Trinajstić information content (AvgIpc) is 2.69. The summed E-state index contributed by atoms with van der Waals surface area (Å²) in [5.41, 5.74) is 1.14. The van der Waals surface area contributed by atoms with Gasteiger partial charge in [0, 0.05) is 23.4 Å². The predicted molar refractivity (Wildman–Crippen MR) is 103 cm³/mol. The van der Waals surface area contributed by atoms with Crippen LogP contribution in [0.2, 0.25) is 0 Å². The van der Waals surface area contributed by atoms with Gasteiger partial charge in [-0.2, -0.15) is 0 Å². The van der Waals surface area contributed by atoms with Crippen molar-refractivity contribution in [3.63, 3.8) is 0 Å². The number of carboxylic acid groups (broad SMARTS) is 1. The number of para-hydroxylation sites is 1. The molecule has 1 saturated heterocycles. The van der Waals surface area contributed by atoms with Crippen LogP contribution in [-0.2, 0) is 11.3 Å². The zero-order valence-electron chi connectivity index (χ0n) is 14.7. The number of carbonyl (C=O) groups is 1. The summed E-state index contributed by atoms with van der Waals surface area (Å²) in [4.78, 5) is 24.0. The Morgan fingerprint density at radius 1 is 1.07 bits per heavy atom. The van der Waals surface area contributed by atoms with E-state index in [1.807, 2.05) is 36.4 Å². The van der Waals surface area contributed by atoms with Crippen molar-refractivity contribution in [3.8, 4) is 0 Å². The number of hydrogen-bond donors (Lipinski definition) is 1. The van der Waals surface area contributed by atoms with Crippen LogP contribution in [0.15, 0.2) is 58.5 Å². The molecule has 1 aliphatic heterocycles. The predicted octanol–water partition coefficient (Wildman–Crippen LogP) is 3.31. The Balaban J connectivity index is 1.71. The summed E-state index contributed by atoms with van der Waals surface area (Å²) < 4.78 is 5.40. The molecule has 0 spiro atoms. The molecular weight excluding hydrogens is 362 g/mol. The van der Waals surface area contributed by atoms with Gasteiger partial charge in [-0.05, 0) is 18.2 Å². The van der Waals surface area contributed by atoms with Gasteiger partial charge in [0.25, 0.3) is 0 Å². The smallest absolute Gasteiger partial charge is 0.336 e. The lowest BCUT2D eigenvalue weighted by Crippen LogP contribution is -2.36. The molecule has 4 rings (SSSR count). The molecule has 1 fully saturated rings. The SMILES string of the molecule is O=C(O)c1ccccc1Sc1nc(CN2CCOCC2)nc2ccccc12. The van der Waals surface area contributed by atoms with Crippen molar-refractivity contribution in [1.29, 1.82) is 0 Å². The molecule has 27 heavy (non-hydrogen) atoms. The van der Waals surface area contributed by atoms with Crippen molar-refractivity contribution in [2.24, 2.45) is 0 Å². The van der Waals surface area contributed by atoms with Crippen LogP contribution in [0.3, 0.4) is 0 Å². The molecule has 0 bridgehead atoms. The first kappa shape index (κ1) is 17.9. The number of rotatable bonds is 5. The Bertz CT molecular complexity index is 974. The van der Waals surface area contributed by atoms with E-state index < -0.39 is 5.97 Å². The fourth-order valence-electron chi connectivity index (χ4n) is 3.04. The van der Waals surface area contributed by atoms with Gasteiger partial charge in [0.1, 0.15) is 10.9 Å². The highest BCUT2D eigenvalue weighted by atomic mass is 32.2. The van der Waals surface area contributed by atoms with Gasteiger partial charge in [-0.3, -0.25) is 4.90 Å². The van der Waals surface area contributed by atoms with Crippen molar-refractivity contribution >= 4 is 28.6 Å². The molecule has 2 heterocycles. The van der Waals surface area contributed by atoms with Crippen molar-refractivity contribution in [2.75, 3.05) is 26.3 Å². The molecule has 1 aliphatic rings. The summed E-state index contributed by atoms with van der Waals surface area (Å²) in [5, 5.41) is 11.2. The molecule has 0 amide bonds. The number of nitrogens with zero attached hydrogens (tertiary/aromatic N) is 3. The third-order valence-corrected chi connectivity index (χ3v) is 5.49. The summed E-state index contributed by atoms with van der Waals surface area (Å²) in [5.74, 6) is -0.198. The Kier molecular flexibility index (Phi) is 5.33. The van der Waals surface area contributed by atoms with E-state index in [0.717, 1.165) is 48.1 Å². The number of ether oxygens (including phenoxy) is 1. The molecule has 7 heteroatoms. The summed E-state index contributed by atoms with van der Waals surface area (Å²) in [7, 11) is 0. The van der Waals surface area contributed by atoms with Gasteiger partial charge >= 0.3 is 5.97 Å². The monoisotopic (exact) mass is 381 g/mol. The van der Waals surface area contributed by atoms with Crippen molar-refractivity contribution in [1.82, 2.24) is 14.9 Å². The number of carboxylic acids is 1. The Hall–Kier alpha value is -2.48. The van der Waals surface area contributed by atoms with Crippen LogP contribution in [0, 0.1) is 0 Å². The van der Waals surface area contributed by atoms with Gasteiger partial charge in [0.05, 0.1) is 30.8 Å². The van der Waals surface area contributed by atoms with Gasteiger partial charge in [-0.25, -0.2) is 14.8 Å². The third kappa shape index (κ3) is 4.10. The second-order valence-electron chi connectivity index (χ2n) is 6.25. The highest BCUT2D eigenvalue weighted by Gasteiger charge is 2.17. The maximum atomic E-state index is 11.5. The second kappa shape index (κ2) is 8.04. The van der Waals surface area contributed by atoms with Crippen LogP contribution >= 0.6 is 11.8 Å². The van der Waals surface area contributed by atoms with E-state index in [-0.39, 0.29) is 5.56 Å². The summed E-state index contributed by atoms with van der Waals surface area (Å²) >= 11 is 1.37. The number of aromatic carboxylic acids is 1. The number of aromatic nitrogens is 2. The van der Waals surface area contributed by atoms with Gasteiger partial charge in [-0.15, -0.1) is 0 Å². The topological polar surface area (TPSA) is 75.5 Å². The fourth-order valence-corrected chi connectivity index (χ4v) is 4.09. The molecule has 3 aromatic rings. The van der Waals surface area contributed by atoms with E-state index in [1.165, 1.54) is 11.8 Å². The summed E-state index contributed by atoms with van der Waals surface area (Å²) in [6.07, 6.45) is 0.